The first-order chi connectivity index (χ1) is 13.9. The van der Waals surface area contributed by atoms with Gasteiger partial charge in [-0.15, -0.1) is 0 Å². The lowest BCUT2D eigenvalue weighted by molar-refractivity contribution is 0.395. The molecule has 160 valence electrons. The minimum atomic E-state index is -3.71. The highest BCUT2D eigenvalue weighted by Gasteiger charge is 2.49. The van der Waals surface area contributed by atoms with Crippen molar-refractivity contribution in [2.24, 2.45) is 10.7 Å². The van der Waals surface area contributed by atoms with Crippen molar-refractivity contribution in [1.82, 2.24) is 9.97 Å². The fraction of sp³-hybridized carbons (Fsp3) is 0.350. The van der Waals surface area contributed by atoms with Crippen molar-refractivity contribution < 1.29 is 21.9 Å². The van der Waals surface area contributed by atoms with Crippen LogP contribution in [0.1, 0.15) is 37.6 Å². The van der Waals surface area contributed by atoms with Crippen molar-refractivity contribution in [2.75, 3.05) is 12.9 Å². The van der Waals surface area contributed by atoms with E-state index in [-0.39, 0.29) is 23.0 Å². The Labute approximate surface area is 173 Å². The molecule has 1 aliphatic heterocycles. The molecule has 1 atom stereocenters. The number of nitrogens with two attached hydrogens (primary N) is 1. The fourth-order valence-corrected chi connectivity index (χ4v) is 4.78. The highest BCUT2D eigenvalue weighted by atomic mass is 32.2. The SMILES string of the molecule is COc1cnc(C(F)=Cc2ccc(F)c(C3(C)CS(=O)(=O)C(C)(C)C(N)=N3)c2)cn1. The van der Waals surface area contributed by atoms with Crippen LogP contribution >= 0.6 is 0 Å². The molecule has 0 fully saturated rings. The van der Waals surface area contributed by atoms with E-state index < -0.39 is 37.5 Å². The van der Waals surface area contributed by atoms with Crippen LogP contribution in [0.4, 0.5) is 8.78 Å². The predicted molar refractivity (Wildman–Crippen MR) is 111 cm³/mol. The van der Waals surface area contributed by atoms with Crippen LogP contribution in [-0.4, -0.2) is 41.8 Å². The average molecular weight is 436 g/mol. The van der Waals surface area contributed by atoms with Crippen molar-refractivity contribution in [2.45, 2.75) is 31.1 Å². The maximum absolute atomic E-state index is 14.7. The Morgan fingerprint density at radius 3 is 2.50 bits per heavy atom. The number of halogens is 2. The molecule has 3 rings (SSSR count). The third-order valence-corrected chi connectivity index (χ3v) is 7.88. The van der Waals surface area contributed by atoms with Crippen molar-refractivity contribution in [3.8, 4) is 5.88 Å². The van der Waals surface area contributed by atoms with E-state index in [1.54, 1.807) is 0 Å². The molecule has 0 bridgehead atoms. The van der Waals surface area contributed by atoms with Gasteiger partial charge >= 0.3 is 0 Å². The minimum Gasteiger partial charge on any atom is -0.480 e. The Kier molecular flexibility index (Phi) is 5.40. The molecule has 0 aliphatic carbocycles. The van der Waals surface area contributed by atoms with Gasteiger partial charge in [-0.25, -0.2) is 27.2 Å². The standard InChI is InChI=1S/C20H22F2N4O3S/c1-19(2)18(23)26-20(3,11-30(19,27)28)13-7-12(5-6-14(13)21)8-15(22)16-9-25-17(29-4)10-24-16/h5-10H,11H2,1-4H3,(H2,23,26). The predicted octanol–water partition coefficient (Wildman–Crippen LogP) is 2.87. The van der Waals surface area contributed by atoms with Crippen LogP contribution in [-0.2, 0) is 15.4 Å². The first-order valence-electron chi connectivity index (χ1n) is 9.01. The summed E-state index contributed by atoms with van der Waals surface area (Å²) in [6, 6.07) is 3.86. The number of sulfone groups is 1. The molecular weight excluding hydrogens is 414 g/mol. The van der Waals surface area contributed by atoms with Crippen molar-refractivity contribution in [3.63, 3.8) is 0 Å². The highest BCUT2D eigenvalue weighted by Crippen LogP contribution is 2.38. The van der Waals surface area contributed by atoms with Crippen LogP contribution in [0, 0.1) is 5.82 Å². The smallest absolute Gasteiger partial charge is 0.232 e. The number of ether oxygens (including phenoxy) is 1. The molecule has 0 saturated carbocycles. The van der Waals surface area contributed by atoms with Crippen molar-refractivity contribution >= 4 is 27.6 Å². The van der Waals surface area contributed by atoms with Gasteiger partial charge in [0, 0.05) is 5.56 Å². The maximum atomic E-state index is 14.7. The van der Waals surface area contributed by atoms with Crippen LogP contribution in [0.3, 0.4) is 0 Å². The summed E-state index contributed by atoms with van der Waals surface area (Å²) in [5, 5.41) is 0. The zero-order valence-electron chi connectivity index (χ0n) is 17.0. The molecule has 7 nitrogen and oxygen atoms in total. The van der Waals surface area contributed by atoms with Crippen LogP contribution < -0.4 is 10.5 Å². The van der Waals surface area contributed by atoms with E-state index in [0.29, 0.717) is 5.56 Å². The number of hydrogen-bond donors (Lipinski definition) is 1. The lowest BCUT2D eigenvalue weighted by atomic mass is 9.91. The number of methoxy groups -OCH3 is 1. The van der Waals surface area contributed by atoms with Gasteiger partial charge in [0.2, 0.25) is 5.88 Å². The average Bonchev–Trinajstić information content (AvgIpc) is 2.67. The van der Waals surface area contributed by atoms with E-state index in [1.165, 1.54) is 52.4 Å². The molecule has 2 N–H and O–H groups in total. The number of rotatable bonds is 4. The molecule has 1 aromatic carbocycles. The number of hydrogen-bond acceptors (Lipinski definition) is 7. The summed E-state index contributed by atoms with van der Waals surface area (Å²) >= 11 is 0. The van der Waals surface area contributed by atoms with Gasteiger partial charge in [-0.2, -0.15) is 0 Å². The van der Waals surface area contributed by atoms with Gasteiger partial charge in [0.05, 0.1) is 25.3 Å². The normalized spacial score (nSPS) is 23.0. The summed E-state index contributed by atoms with van der Waals surface area (Å²) in [5.41, 5.74) is 4.76. The van der Waals surface area contributed by atoms with E-state index in [9.17, 15) is 17.2 Å². The van der Waals surface area contributed by atoms with Crippen LogP contribution in [0.25, 0.3) is 11.9 Å². The van der Waals surface area contributed by atoms with Crippen molar-refractivity contribution in [3.05, 3.63) is 53.2 Å². The zero-order chi connectivity index (χ0) is 22.3. The zero-order valence-corrected chi connectivity index (χ0v) is 17.8. The summed E-state index contributed by atoms with van der Waals surface area (Å²) in [6.45, 7) is 4.41. The van der Waals surface area contributed by atoms with E-state index in [4.69, 9.17) is 10.5 Å². The summed E-state index contributed by atoms with van der Waals surface area (Å²) in [6.07, 6.45) is 3.63. The first-order valence-corrected chi connectivity index (χ1v) is 10.7. The van der Waals surface area contributed by atoms with Gasteiger partial charge < -0.3 is 10.5 Å². The molecular formula is C20H22F2N4O3S. The quantitative estimate of drug-likeness (QED) is 0.790. The molecule has 1 aliphatic rings. The number of amidine groups is 1. The fourth-order valence-electron chi connectivity index (χ4n) is 3.09. The van der Waals surface area contributed by atoms with E-state index in [0.717, 1.165) is 12.1 Å². The lowest BCUT2D eigenvalue weighted by Crippen LogP contribution is -2.55. The van der Waals surface area contributed by atoms with Crippen LogP contribution in [0.5, 0.6) is 5.88 Å². The Morgan fingerprint density at radius 1 is 1.23 bits per heavy atom. The number of aromatic nitrogens is 2. The number of aliphatic imine (C=N–C) groups is 1. The second kappa shape index (κ2) is 7.42. The Hall–Kier alpha value is -2.88. The second-order valence-electron chi connectivity index (χ2n) is 7.72. The summed E-state index contributed by atoms with van der Waals surface area (Å²) in [4.78, 5) is 12.1. The van der Waals surface area contributed by atoms with Gasteiger partial charge in [0.15, 0.2) is 15.7 Å². The summed E-state index contributed by atoms with van der Waals surface area (Å²) in [7, 11) is -2.30. The maximum Gasteiger partial charge on any atom is 0.232 e. The molecule has 0 radical (unpaired) electrons. The van der Waals surface area contributed by atoms with Crippen LogP contribution in [0.15, 0.2) is 35.6 Å². The molecule has 0 amide bonds. The Bertz CT molecular complexity index is 1150. The third-order valence-electron chi connectivity index (χ3n) is 5.18. The first kappa shape index (κ1) is 21.8. The molecule has 0 spiro atoms. The molecule has 2 heterocycles. The van der Waals surface area contributed by atoms with Gasteiger partial charge in [-0.3, -0.25) is 4.99 Å². The van der Waals surface area contributed by atoms with Gasteiger partial charge in [-0.1, -0.05) is 6.07 Å². The van der Waals surface area contributed by atoms with Crippen molar-refractivity contribution in [1.29, 1.82) is 0 Å². The van der Waals surface area contributed by atoms with Gasteiger partial charge in [0.25, 0.3) is 0 Å². The molecule has 30 heavy (non-hydrogen) atoms. The van der Waals surface area contributed by atoms with E-state index in [2.05, 4.69) is 15.0 Å². The third kappa shape index (κ3) is 3.79. The van der Waals surface area contributed by atoms with E-state index >= 15 is 0 Å². The van der Waals surface area contributed by atoms with Crippen LogP contribution in [0.2, 0.25) is 0 Å². The Morgan fingerprint density at radius 2 is 1.93 bits per heavy atom. The lowest BCUT2D eigenvalue weighted by Gasteiger charge is -2.38. The van der Waals surface area contributed by atoms with E-state index in [1.807, 2.05) is 0 Å². The molecule has 2 aromatic rings. The highest BCUT2D eigenvalue weighted by molar-refractivity contribution is 7.93. The Balaban J connectivity index is 2.04. The molecule has 1 aromatic heterocycles. The summed E-state index contributed by atoms with van der Waals surface area (Å²) in [5.74, 6) is -1.65. The minimum absolute atomic E-state index is 0.00638. The molecule has 0 saturated heterocycles. The molecule has 10 heteroatoms. The molecule has 1 unspecified atom stereocenters. The largest absolute Gasteiger partial charge is 0.480 e. The topological polar surface area (TPSA) is 108 Å². The van der Waals surface area contributed by atoms with Gasteiger partial charge in [0.1, 0.15) is 27.6 Å². The van der Waals surface area contributed by atoms with Gasteiger partial charge in [-0.05, 0) is 44.5 Å². The number of nitrogens with zero attached hydrogens (tertiary/aromatic N) is 3. The summed E-state index contributed by atoms with van der Waals surface area (Å²) < 4.78 is 58.3. The second-order valence-corrected chi connectivity index (χ2v) is 10.3. The monoisotopic (exact) mass is 436 g/mol. The number of benzene rings is 1.